The molecule has 0 amide bonds. The van der Waals surface area contributed by atoms with Gasteiger partial charge in [-0.3, -0.25) is 0 Å². The van der Waals surface area contributed by atoms with Crippen molar-refractivity contribution in [2.45, 2.75) is 233 Å². The van der Waals surface area contributed by atoms with Gasteiger partial charge < -0.3 is 4.74 Å². The Bertz CT molecular complexity index is 536. The first-order valence-corrected chi connectivity index (χ1v) is 20.4. The number of ether oxygens (including phenoxy) is 1. The number of unbranched alkanes of at least 4 members (excludes halogenated alkanes) is 24. The van der Waals surface area contributed by atoms with E-state index in [1.807, 2.05) is 0 Å². The summed E-state index contributed by atoms with van der Waals surface area (Å²) in [6, 6.07) is 0. The molecule has 0 radical (unpaired) electrons. The maximum atomic E-state index is 5.93. The lowest BCUT2D eigenvalue weighted by Gasteiger charge is -2.14. The summed E-state index contributed by atoms with van der Waals surface area (Å²) in [6.45, 7) is 10.0. The van der Waals surface area contributed by atoms with Crippen LogP contribution in [0, 0.1) is 0 Å². The molecule has 0 rings (SSSR count). The van der Waals surface area contributed by atoms with Gasteiger partial charge in [0.05, 0.1) is 18.8 Å². The van der Waals surface area contributed by atoms with Crippen LogP contribution in [0.5, 0.6) is 0 Å². The van der Waals surface area contributed by atoms with Gasteiger partial charge in [0.15, 0.2) is 0 Å². The lowest BCUT2D eigenvalue weighted by atomic mass is 10.1. The fourth-order valence-electron chi connectivity index (χ4n) is 5.94. The third kappa shape index (κ3) is 39.5. The van der Waals surface area contributed by atoms with E-state index in [0.29, 0.717) is 19.3 Å². The Hall–Kier alpha value is -0.640. The summed E-state index contributed by atoms with van der Waals surface area (Å²) in [5.74, 6) is 0. The third-order valence-electron chi connectivity index (χ3n) is 9.05. The van der Waals surface area contributed by atoms with Gasteiger partial charge in [0.2, 0.25) is 0 Å². The van der Waals surface area contributed by atoms with Crippen molar-refractivity contribution in [1.29, 1.82) is 0 Å². The molecule has 0 aromatic carbocycles. The first-order chi connectivity index (χ1) is 22.2. The molecule has 0 saturated carbocycles. The summed E-state index contributed by atoms with van der Waals surface area (Å²) in [5, 5.41) is 0. The minimum absolute atomic E-state index is 0.167. The molecule has 0 fully saturated rings. The highest BCUT2D eigenvalue weighted by molar-refractivity contribution is 4.82. The zero-order valence-corrected chi connectivity index (χ0v) is 31.3. The van der Waals surface area contributed by atoms with E-state index >= 15 is 0 Å². The van der Waals surface area contributed by atoms with Gasteiger partial charge >= 0.3 is 0 Å². The van der Waals surface area contributed by atoms with Crippen molar-refractivity contribution < 1.29 is 14.5 Å². The van der Waals surface area contributed by atoms with Crippen LogP contribution in [-0.4, -0.2) is 25.4 Å². The fraction of sp³-hybridized carbons (Fsp3) is 0.905. The van der Waals surface area contributed by atoms with Gasteiger partial charge in [-0.05, 0) is 78.1 Å². The zero-order chi connectivity index (χ0) is 32.7. The second kappa shape index (κ2) is 39.5. The molecule has 0 N–H and O–H groups in total. The van der Waals surface area contributed by atoms with Crippen LogP contribution in [0.3, 0.4) is 0 Å². The predicted molar refractivity (Wildman–Crippen MR) is 200 cm³/mol. The molecule has 0 aromatic rings. The SMILES string of the molecule is CCCCCCCC/C=C\CCCCCCCCC(C)OCCOOC(C)CCCCCCCC/C=C\CCCCCCCC. The molecule has 0 aliphatic carbocycles. The normalized spacial score (nSPS) is 13.4. The predicted octanol–water partition coefficient (Wildman–Crippen LogP) is 14.6. The molecular formula is C42H82O3. The number of hydrogen-bond acceptors (Lipinski definition) is 3. The van der Waals surface area contributed by atoms with E-state index in [4.69, 9.17) is 14.5 Å². The van der Waals surface area contributed by atoms with Gasteiger partial charge in [0.1, 0.15) is 6.61 Å². The molecule has 2 unspecified atom stereocenters. The molecule has 0 aliphatic rings. The molecule has 3 heteroatoms. The molecule has 45 heavy (non-hydrogen) atoms. The smallest absolute Gasteiger partial charge is 0.106 e. The van der Waals surface area contributed by atoms with Crippen LogP contribution in [-0.2, 0) is 14.5 Å². The largest absolute Gasteiger partial charge is 0.376 e. The molecule has 0 aliphatic heterocycles. The monoisotopic (exact) mass is 635 g/mol. The number of hydrogen-bond donors (Lipinski definition) is 0. The van der Waals surface area contributed by atoms with Crippen LogP contribution in [0.2, 0.25) is 0 Å². The Kier molecular flexibility index (Phi) is 39.0. The zero-order valence-electron chi connectivity index (χ0n) is 31.3. The first kappa shape index (κ1) is 44.4. The minimum Gasteiger partial charge on any atom is -0.376 e. The first-order valence-electron chi connectivity index (χ1n) is 20.4. The van der Waals surface area contributed by atoms with E-state index in [2.05, 4.69) is 52.0 Å². The van der Waals surface area contributed by atoms with Gasteiger partial charge in [0, 0.05) is 0 Å². The Morgan fingerprint density at radius 3 is 1.11 bits per heavy atom. The molecule has 0 heterocycles. The van der Waals surface area contributed by atoms with E-state index in [9.17, 15) is 0 Å². The molecule has 268 valence electrons. The molecule has 3 nitrogen and oxygen atoms in total. The molecular weight excluding hydrogens is 552 g/mol. The average Bonchev–Trinajstić information content (AvgIpc) is 3.04. The van der Waals surface area contributed by atoms with Gasteiger partial charge in [-0.15, -0.1) is 0 Å². The van der Waals surface area contributed by atoms with E-state index in [0.717, 1.165) is 12.8 Å². The Morgan fingerprint density at radius 1 is 0.378 bits per heavy atom. The van der Waals surface area contributed by atoms with Gasteiger partial charge in [0.25, 0.3) is 0 Å². The lowest BCUT2D eigenvalue weighted by molar-refractivity contribution is -0.326. The van der Waals surface area contributed by atoms with Crippen molar-refractivity contribution >= 4 is 0 Å². The summed E-state index contributed by atoms with van der Waals surface area (Å²) >= 11 is 0. The highest BCUT2D eigenvalue weighted by Gasteiger charge is 2.05. The highest BCUT2D eigenvalue weighted by atomic mass is 17.2. The summed E-state index contributed by atoms with van der Waals surface area (Å²) in [6.07, 6.45) is 50.2. The van der Waals surface area contributed by atoms with Crippen molar-refractivity contribution in [2.75, 3.05) is 13.2 Å². The van der Waals surface area contributed by atoms with Crippen molar-refractivity contribution in [3.8, 4) is 0 Å². The topological polar surface area (TPSA) is 27.7 Å². The molecule has 0 aromatic heterocycles. The average molecular weight is 635 g/mol. The van der Waals surface area contributed by atoms with Crippen LogP contribution in [0.4, 0.5) is 0 Å². The van der Waals surface area contributed by atoms with Crippen molar-refractivity contribution in [3.05, 3.63) is 24.3 Å². The summed E-state index contributed by atoms with van der Waals surface area (Å²) in [7, 11) is 0. The van der Waals surface area contributed by atoms with Crippen molar-refractivity contribution in [3.63, 3.8) is 0 Å². The van der Waals surface area contributed by atoms with Gasteiger partial charge in [-0.25, -0.2) is 9.78 Å². The quantitative estimate of drug-likeness (QED) is 0.0293. The maximum Gasteiger partial charge on any atom is 0.106 e. The Morgan fingerprint density at radius 2 is 0.711 bits per heavy atom. The summed E-state index contributed by atoms with van der Waals surface area (Å²) < 4.78 is 5.93. The second-order valence-electron chi connectivity index (χ2n) is 13.9. The van der Waals surface area contributed by atoms with E-state index in [-0.39, 0.29) is 6.10 Å². The molecule has 2 atom stereocenters. The number of allylic oxidation sites excluding steroid dienone is 4. The van der Waals surface area contributed by atoms with E-state index in [1.54, 1.807) is 0 Å². The maximum absolute atomic E-state index is 5.93. The van der Waals surface area contributed by atoms with E-state index < -0.39 is 0 Å². The highest BCUT2D eigenvalue weighted by Crippen LogP contribution is 2.14. The van der Waals surface area contributed by atoms with Crippen molar-refractivity contribution in [2.24, 2.45) is 0 Å². The van der Waals surface area contributed by atoms with Crippen molar-refractivity contribution in [1.82, 2.24) is 0 Å². The van der Waals surface area contributed by atoms with Crippen LogP contribution in [0.15, 0.2) is 24.3 Å². The molecule has 0 saturated heterocycles. The van der Waals surface area contributed by atoms with Crippen LogP contribution in [0.25, 0.3) is 0 Å². The summed E-state index contributed by atoms with van der Waals surface area (Å²) in [4.78, 5) is 11.0. The molecule has 0 spiro atoms. The fourth-order valence-corrected chi connectivity index (χ4v) is 5.94. The summed E-state index contributed by atoms with van der Waals surface area (Å²) in [5.41, 5.74) is 0. The second-order valence-corrected chi connectivity index (χ2v) is 13.9. The Labute approximate surface area is 284 Å². The Balaban J connectivity index is 3.31. The van der Waals surface area contributed by atoms with Crippen LogP contribution >= 0.6 is 0 Å². The van der Waals surface area contributed by atoms with E-state index in [1.165, 1.54) is 180 Å². The lowest BCUT2D eigenvalue weighted by Crippen LogP contribution is -2.15. The number of rotatable bonds is 38. The van der Waals surface area contributed by atoms with Gasteiger partial charge in [-0.1, -0.05) is 167 Å². The van der Waals surface area contributed by atoms with Crippen LogP contribution < -0.4 is 0 Å². The standard InChI is InChI=1S/C42H82O3/c1-5-7-9-11-13-15-17-19-21-23-25-27-29-31-33-35-37-41(3)43-39-40-44-45-42(4)38-36-34-32-30-28-26-24-22-20-18-16-14-12-10-8-6-2/h19-22,41-42H,5-18,23-40H2,1-4H3/b21-19-,22-20-. The minimum atomic E-state index is 0.167. The third-order valence-corrected chi connectivity index (χ3v) is 9.05. The molecule has 0 bridgehead atoms. The van der Waals surface area contributed by atoms with Crippen LogP contribution in [0.1, 0.15) is 220 Å². The van der Waals surface area contributed by atoms with Gasteiger partial charge in [-0.2, -0.15) is 0 Å².